The Bertz CT molecular complexity index is 329. The van der Waals surface area contributed by atoms with E-state index in [2.05, 4.69) is 42.9 Å². The molecule has 2 heteroatoms. The van der Waals surface area contributed by atoms with E-state index in [1.165, 1.54) is 37.0 Å². The second-order valence-corrected chi connectivity index (χ2v) is 5.90. The van der Waals surface area contributed by atoms with Crippen molar-refractivity contribution < 1.29 is 0 Å². The maximum atomic E-state index is 3.42. The second kappa shape index (κ2) is 6.46. The molecule has 94 valence electrons. The van der Waals surface area contributed by atoms with Gasteiger partial charge in [-0.2, -0.15) is 11.8 Å². The predicted octanol–water partition coefficient (Wildman–Crippen LogP) is 3.97. The fourth-order valence-electron chi connectivity index (χ4n) is 2.46. The second-order valence-electron chi connectivity index (χ2n) is 4.92. The fraction of sp³-hybridized carbons (Fsp3) is 0.600. The quantitative estimate of drug-likeness (QED) is 0.819. The van der Waals surface area contributed by atoms with Gasteiger partial charge in [0.25, 0.3) is 0 Å². The lowest BCUT2D eigenvalue weighted by atomic mass is 9.80. The Morgan fingerprint density at radius 2 is 2.00 bits per heavy atom. The Morgan fingerprint density at radius 3 is 2.47 bits per heavy atom. The van der Waals surface area contributed by atoms with E-state index < -0.39 is 0 Å². The van der Waals surface area contributed by atoms with Crippen LogP contribution in [0.2, 0.25) is 0 Å². The van der Waals surface area contributed by atoms with Crippen molar-refractivity contribution in [2.45, 2.75) is 37.6 Å². The summed E-state index contributed by atoms with van der Waals surface area (Å²) < 4.78 is 0. The minimum Gasteiger partial charge on any atom is -0.313 e. The van der Waals surface area contributed by atoms with Crippen LogP contribution in [0, 0.1) is 0 Å². The summed E-state index contributed by atoms with van der Waals surface area (Å²) in [7, 11) is 2.06. The molecule has 1 unspecified atom stereocenters. The molecule has 17 heavy (non-hydrogen) atoms. The number of hydrogen-bond acceptors (Lipinski definition) is 2. The van der Waals surface area contributed by atoms with E-state index in [0.29, 0.717) is 6.04 Å². The molecule has 1 aliphatic carbocycles. The maximum Gasteiger partial charge on any atom is 0.0325 e. The number of nitrogens with one attached hydrogen (secondary N) is 1. The summed E-state index contributed by atoms with van der Waals surface area (Å²) in [4.78, 5) is 0. The first kappa shape index (κ1) is 13.0. The van der Waals surface area contributed by atoms with E-state index in [1.807, 2.05) is 11.8 Å². The monoisotopic (exact) mass is 249 g/mol. The smallest absolute Gasteiger partial charge is 0.0325 e. The Labute approximate surface area is 109 Å². The van der Waals surface area contributed by atoms with Crippen molar-refractivity contribution in [3.63, 3.8) is 0 Å². The average molecular weight is 249 g/mol. The summed E-state index contributed by atoms with van der Waals surface area (Å²) in [5.41, 5.74) is 2.98. The molecule has 1 nitrogen and oxygen atoms in total. The van der Waals surface area contributed by atoms with Gasteiger partial charge in [-0.15, -0.1) is 0 Å². The van der Waals surface area contributed by atoms with Crippen molar-refractivity contribution in [3.05, 3.63) is 35.4 Å². The molecule has 1 saturated carbocycles. The predicted molar refractivity (Wildman–Crippen MR) is 77.8 cm³/mol. The van der Waals surface area contributed by atoms with Gasteiger partial charge < -0.3 is 5.32 Å². The number of benzene rings is 1. The molecule has 0 heterocycles. The van der Waals surface area contributed by atoms with Gasteiger partial charge in [-0.3, -0.25) is 0 Å². The topological polar surface area (TPSA) is 12.0 Å². The fourth-order valence-corrected chi connectivity index (χ4v) is 2.93. The van der Waals surface area contributed by atoms with Gasteiger partial charge in [0, 0.05) is 6.04 Å². The molecular weight excluding hydrogens is 226 g/mol. The van der Waals surface area contributed by atoms with Crippen molar-refractivity contribution in [1.29, 1.82) is 0 Å². The van der Waals surface area contributed by atoms with Gasteiger partial charge in [0.2, 0.25) is 0 Å². The van der Waals surface area contributed by atoms with E-state index >= 15 is 0 Å². The highest BCUT2D eigenvalue weighted by Gasteiger charge is 2.19. The van der Waals surface area contributed by atoms with Crippen molar-refractivity contribution in [3.8, 4) is 0 Å². The first-order chi connectivity index (χ1) is 8.35. The Kier molecular flexibility index (Phi) is 4.93. The molecule has 1 aromatic rings. The molecule has 1 atom stereocenters. The van der Waals surface area contributed by atoms with Crippen LogP contribution in [0.15, 0.2) is 24.3 Å². The number of hydrogen-bond donors (Lipinski definition) is 1. The van der Waals surface area contributed by atoms with Crippen LogP contribution in [0.5, 0.6) is 0 Å². The molecule has 0 amide bonds. The summed E-state index contributed by atoms with van der Waals surface area (Å²) in [6.07, 6.45) is 7.58. The summed E-state index contributed by atoms with van der Waals surface area (Å²) in [6.45, 7) is 0. The minimum absolute atomic E-state index is 0.512. The molecule has 1 aliphatic rings. The molecule has 0 radical (unpaired) electrons. The van der Waals surface area contributed by atoms with Gasteiger partial charge >= 0.3 is 0 Å². The zero-order chi connectivity index (χ0) is 12.1. The lowest BCUT2D eigenvalue weighted by molar-refractivity contribution is 0.419. The normalized spacial score (nSPS) is 17.8. The molecule has 0 aromatic heterocycles. The van der Waals surface area contributed by atoms with E-state index in [4.69, 9.17) is 0 Å². The third-order valence-corrected chi connectivity index (χ3v) is 4.52. The van der Waals surface area contributed by atoms with E-state index in [-0.39, 0.29) is 0 Å². The standard InChI is InChI=1S/C15H23NS/c1-16-15(10-11-17-2)14-8-6-13(7-9-14)12-4-3-5-12/h6-9,12,15-16H,3-5,10-11H2,1-2H3. The van der Waals surface area contributed by atoms with Crippen molar-refractivity contribution in [2.24, 2.45) is 0 Å². The highest BCUT2D eigenvalue weighted by atomic mass is 32.2. The third-order valence-electron chi connectivity index (χ3n) is 3.87. The Morgan fingerprint density at radius 1 is 1.29 bits per heavy atom. The van der Waals surface area contributed by atoms with Crippen LogP contribution < -0.4 is 5.32 Å². The first-order valence-corrected chi connectivity index (χ1v) is 8.00. The molecule has 0 spiro atoms. The SMILES string of the molecule is CNC(CCSC)c1ccc(C2CCC2)cc1. The minimum atomic E-state index is 0.512. The largest absolute Gasteiger partial charge is 0.313 e. The molecule has 1 fully saturated rings. The lowest BCUT2D eigenvalue weighted by Crippen LogP contribution is -2.17. The Balaban J connectivity index is 1.99. The van der Waals surface area contributed by atoms with Gasteiger partial charge in [-0.1, -0.05) is 30.7 Å². The summed E-state index contributed by atoms with van der Waals surface area (Å²) in [5, 5.41) is 3.42. The van der Waals surface area contributed by atoms with Gasteiger partial charge in [0.05, 0.1) is 0 Å². The highest BCUT2D eigenvalue weighted by Crippen LogP contribution is 2.36. The average Bonchev–Trinajstić information content (AvgIpc) is 2.30. The van der Waals surface area contributed by atoms with Crippen LogP contribution in [-0.4, -0.2) is 19.1 Å². The van der Waals surface area contributed by atoms with Gasteiger partial charge in [0.1, 0.15) is 0 Å². The summed E-state index contributed by atoms with van der Waals surface area (Å²) in [6, 6.07) is 9.81. The van der Waals surface area contributed by atoms with Crippen molar-refractivity contribution in [2.75, 3.05) is 19.1 Å². The van der Waals surface area contributed by atoms with Gasteiger partial charge in [0.15, 0.2) is 0 Å². The zero-order valence-electron chi connectivity index (χ0n) is 10.9. The number of thioether (sulfide) groups is 1. The van der Waals surface area contributed by atoms with Crippen LogP contribution in [0.4, 0.5) is 0 Å². The van der Waals surface area contributed by atoms with E-state index in [9.17, 15) is 0 Å². The summed E-state index contributed by atoms with van der Waals surface area (Å²) in [5.74, 6) is 2.07. The first-order valence-electron chi connectivity index (χ1n) is 6.61. The summed E-state index contributed by atoms with van der Waals surface area (Å²) >= 11 is 1.92. The van der Waals surface area contributed by atoms with Crippen LogP contribution in [0.1, 0.15) is 48.8 Å². The molecular formula is C15H23NS. The van der Waals surface area contributed by atoms with E-state index in [0.717, 1.165) is 5.92 Å². The van der Waals surface area contributed by atoms with Crippen LogP contribution in [0.3, 0.4) is 0 Å². The number of rotatable bonds is 6. The molecule has 0 saturated heterocycles. The van der Waals surface area contributed by atoms with Crippen molar-refractivity contribution >= 4 is 11.8 Å². The van der Waals surface area contributed by atoms with Crippen LogP contribution >= 0.6 is 11.8 Å². The molecule has 1 N–H and O–H groups in total. The van der Waals surface area contributed by atoms with Gasteiger partial charge in [-0.05, 0) is 55.4 Å². The van der Waals surface area contributed by atoms with Crippen LogP contribution in [0.25, 0.3) is 0 Å². The lowest BCUT2D eigenvalue weighted by Gasteiger charge is -2.26. The van der Waals surface area contributed by atoms with Crippen LogP contribution in [-0.2, 0) is 0 Å². The molecule has 0 bridgehead atoms. The zero-order valence-corrected chi connectivity index (χ0v) is 11.7. The molecule has 1 aromatic carbocycles. The van der Waals surface area contributed by atoms with Gasteiger partial charge in [-0.25, -0.2) is 0 Å². The molecule has 2 rings (SSSR count). The van der Waals surface area contributed by atoms with E-state index in [1.54, 1.807) is 5.56 Å². The van der Waals surface area contributed by atoms with Crippen molar-refractivity contribution in [1.82, 2.24) is 5.32 Å². The maximum absolute atomic E-state index is 3.42. The Hall–Kier alpha value is -0.470. The molecule has 0 aliphatic heterocycles. The third kappa shape index (κ3) is 3.26. The highest BCUT2D eigenvalue weighted by molar-refractivity contribution is 7.98.